The lowest BCUT2D eigenvalue weighted by atomic mass is 9.69. The maximum Gasteiger partial charge on any atom is 0.0685 e. The molecular formula is C16H29NO. The van der Waals surface area contributed by atoms with Crippen LogP contribution in [0.5, 0.6) is 0 Å². The van der Waals surface area contributed by atoms with E-state index in [4.69, 9.17) is 10.5 Å². The van der Waals surface area contributed by atoms with Crippen LogP contribution < -0.4 is 5.73 Å². The molecule has 0 aromatic carbocycles. The molecule has 2 nitrogen and oxygen atoms in total. The Labute approximate surface area is 112 Å². The lowest BCUT2D eigenvalue weighted by Gasteiger charge is -2.48. The lowest BCUT2D eigenvalue weighted by Crippen LogP contribution is -2.49. The van der Waals surface area contributed by atoms with Crippen LogP contribution in [0.15, 0.2) is 0 Å². The van der Waals surface area contributed by atoms with E-state index in [1.54, 1.807) is 0 Å². The number of rotatable bonds is 3. The molecular weight excluding hydrogens is 222 g/mol. The fourth-order valence-corrected chi connectivity index (χ4v) is 4.35. The Hall–Kier alpha value is -0.0800. The Bertz CT molecular complexity index is 268. The molecule has 1 aliphatic heterocycles. The van der Waals surface area contributed by atoms with Gasteiger partial charge in [0.1, 0.15) is 0 Å². The zero-order valence-electron chi connectivity index (χ0n) is 11.7. The van der Waals surface area contributed by atoms with Crippen LogP contribution >= 0.6 is 0 Å². The second-order valence-corrected chi connectivity index (χ2v) is 7.04. The third kappa shape index (κ3) is 2.75. The van der Waals surface area contributed by atoms with E-state index in [0.717, 1.165) is 18.4 Å². The van der Waals surface area contributed by atoms with Crippen molar-refractivity contribution in [3.05, 3.63) is 0 Å². The SMILES string of the molecule is NC(CC1CCCCC1)C1CCOC2(CCC2)C1. The Morgan fingerprint density at radius 2 is 1.83 bits per heavy atom. The first-order valence-electron chi connectivity index (χ1n) is 8.17. The molecule has 3 aliphatic rings. The molecule has 3 rings (SSSR count). The third-order valence-electron chi connectivity index (χ3n) is 5.73. The average molecular weight is 251 g/mol. The second kappa shape index (κ2) is 5.50. The molecule has 0 aromatic rings. The Kier molecular flexibility index (Phi) is 3.95. The maximum atomic E-state index is 6.52. The Balaban J connectivity index is 1.50. The highest BCUT2D eigenvalue weighted by Crippen LogP contribution is 2.45. The highest BCUT2D eigenvalue weighted by Gasteiger charge is 2.43. The summed E-state index contributed by atoms with van der Waals surface area (Å²) in [4.78, 5) is 0. The Morgan fingerprint density at radius 1 is 1.06 bits per heavy atom. The zero-order valence-corrected chi connectivity index (χ0v) is 11.7. The van der Waals surface area contributed by atoms with E-state index in [2.05, 4.69) is 0 Å². The smallest absolute Gasteiger partial charge is 0.0685 e. The summed E-state index contributed by atoms with van der Waals surface area (Å²) in [5, 5.41) is 0. The normalized spacial score (nSPS) is 34.2. The van der Waals surface area contributed by atoms with Crippen LogP contribution in [0.1, 0.15) is 70.6 Å². The van der Waals surface area contributed by atoms with Crippen molar-refractivity contribution in [1.82, 2.24) is 0 Å². The van der Waals surface area contributed by atoms with Crippen molar-refractivity contribution in [2.24, 2.45) is 17.6 Å². The summed E-state index contributed by atoms with van der Waals surface area (Å²) in [6, 6.07) is 0.439. The minimum atomic E-state index is 0.271. The van der Waals surface area contributed by atoms with Gasteiger partial charge in [-0.3, -0.25) is 0 Å². The van der Waals surface area contributed by atoms with E-state index in [-0.39, 0.29) is 5.60 Å². The molecule has 104 valence electrons. The summed E-state index contributed by atoms with van der Waals surface area (Å²) in [6.45, 7) is 0.961. The first-order chi connectivity index (χ1) is 8.77. The van der Waals surface area contributed by atoms with E-state index in [9.17, 15) is 0 Å². The maximum absolute atomic E-state index is 6.52. The largest absolute Gasteiger partial charge is 0.375 e. The second-order valence-electron chi connectivity index (χ2n) is 7.04. The van der Waals surface area contributed by atoms with Gasteiger partial charge >= 0.3 is 0 Å². The molecule has 1 heterocycles. The number of hydrogen-bond acceptors (Lipinski definition) is 2. The molecule has 2 N–H and O–H groups in total. The van der Waals surface area contributed by atoms with Crippen LogP contribution in [-0.2, 0) is 4.74 Å². The van der Waals surface area contributed by atoms with Crippen LogP contribution in [0.25, 0.3) is 0 Å². The first-order valence-corrected chi connectivity index (χ1v) is 8.17. The summed E-state index contributed by atoms with van der Waals surface area (Å²) in [5.41, 5.74) is 6.79. The van der Waals surface area contributed by atoms with Gasteiger partial charge in [0.05, 0.1) is 5.60 Å². The van der Waals surface area contributed by atoms with Gasteiger partial charge in [-0.25, -0.2) is 0 Å². The minimum absolute atomic E-state index is 0.271. The van der Waals surface area contributed by atoms with E-state index < -0.39 is 0 Å². The fraction of sp³-hybridized carbons (Fsp3) is 1.00. The number of nitrogens with two attached hydrogens (primary N) is 1. The highest BCUT2D eigenvalue weighted by atomic mass is 16.5. The van der Waals surface area contributed by atoms with Crippen LogP contribution in [0.2, 0.25) is 0 Å². The van der Waals surface area contributed by atoms with Gasteiger partial charge in [0, 0.05) is 12.6 Å². The minimum Gasteiger partial charge on any atom is -0.375 e. The summed E-state index contributed by atoms with van der Waals surface area (Å²) in [5.74, 6) is 1.66. The van der Waals surface area contributed by atoms with Crippen molar-refractivity contribution in [2.45, 2.75) is 82.3 Å². The predicted molar refractivity (Wildman–Crippen MR) is 74.4 cm³/mol. The van der Waals surface area contributed by atoms with Gasteiger partial charge < -0.3 is 10.5 Å². The molecule has 2 saturated carbocycles. The van der Waals surface area contributed by atoms with Crippen molar-refractivity contribution >= 4 is 0 Å². The van der Waals surface area contributed by atoms with Gasteiger partial charge in [-0.15, -0.1) is 0 Å². The van der Waals surface area contributed by atoms with Crippen molar-refractivity contribution < 1.29 is 4.74 Å². The van der Waals surface area contributed by atoms with Crippen molar-refractivity contribution in [3.63, 3.8) is 0 Å². The molecule has 2 aliphatic carbocycles. The van der Waals surface area contributed by atoms with Crippen molar-refractivity contribution in [3.8, 4) is 0 Å². The van der Waals surface area contributed by atoms with Crippen LogP contribution in [-0.4, -0.2) is 18.2 Å². The Morgan fingerprint density at radius 3 is 2.50 bits per heavy atom. The summed E-state index contributed by atoms with van der Waals surface area (Å²) in [7, 11) is 0. The molecule has 18 heavy (non-hydrogen) atoms. The lowest BCUT2D eigenvalue weighted by molar-refractivity contribution is -0.146. The highest BCUT2D eigenvalue weighted by molar-refractivity contribution is 4.96. The standard InChI is InChI=1S/C16H29NO/c17-15(11-13-5-2-1-3-6-13)14-7-10-18-16(12-14)8-4-9-16/h13-15H,1-12,17H2. The van der Waals surface area contributed by atoms with Gasteiger partial charge in [0.15, 0.2) is 0 Å². The topological polar surface area (TPSA) is 35.2 Å². The monoisotopic (exact) mass is 251 g/mol. The van der Waals surface area contributed by atoms with Crippen LogP contribution in [0, 0.1) is 11.8 Å². The molecule has 1 spiro atoms. The number of hydrogen-bond donors (Lipinski definition) is 1. The predicted octanol–water partition coefficient (Wildman–Crippen LogP) is 3.63. The average Bonchev–Trinajstić information content (AvgIpc) is 2.38. The molecule has 0 radical (unpaired) electrons. The van der Waals surface area contributed by atoms with Gasteiger partial charge in [-0.2, -0.15) is 0 Å². The first kappa shape index (κ1) is 12.9. The van der Waals surface area contributed by atoms with Gasteiger partial charge in [0.2, 0.25) is 0 Å². The molecule has 2 unspecified atom stereocenters. The third-order valence-corrected chi connectivity index (χ3v) is 5.73. The zero-order chi connectivity index (χ0) is 12.4. The van der Waals surface area contributed by atoms with Crippen LogP contribution in [0.3, 0.4) is 0 Å². The molecule has 2 atom stereocenters. The van der Waals surface area contributed by atoms with E-state index in [1.807, 2.05) is 0 Å². The van der Waals surface area contributed by atoms with E-state index >= 15 is 0 Å². The fourth-order valence-electron chi connectivity index (χ4n) is 4.35. The summed E-state index contributed by atoms with van der Waals surface area (Å²) >= 11 is 0. The van der Waals surface area contributed by atoms with E-state index in [0.29, 0.717) is 6.04 Å². The molecule has 0 aromatic heterocycles. The van der Waals surface area contributed by atoms with Gasteiger partial charge in [0.25, 0.3) is 0 Å². The van der Waals surface area contributed by atoms with Gasteiger partial charge in [-0.1, -0.05) is 32.1 Å². The van der Waals surface area contributed by atoms with E-state index in [1.165, 1.54) is 70.6 Å². The number of ether oxygens (including phenoxy) is 1. The molecule has 0 amide bonds. The molecule has 0 bridgehead atoms. The van der Waals surface area contributed by atoms with Gasteiger partial charge in [-0.05, 0) is 50.4 Å². The summed E-state index contributed by atoms with van der Waals surface area (Å²) < 4.78 is 6.02. The molecule has 2 heteroatoms. The van der Waals surface area contributed by atoms with Crippen molar-refractivity contribution in [2.75, 3.05) is 6.61 Å². The quantitative estimate of drug-likeness (QED) is 0.831. The molecule has 3 fully saturated rings. The molecule has 1 saturated heterocycles. The summed E-state index contributed by atoms with van der Waals surface area (Å²) in [6.07, 6.45) is 14.9. The van der Waals surface area contributed by atoms with Crippen molar-refractivity contribution in [1.29, 1.82) is 0 Å². The van der Waals surface area contributed by atoms with Crippen LogP contribution in [0.4, 0.5) is 0 Å².